The van der Waals surface area contributed by atoms with E-state index >= 15 is 0 Å². The molecule has 0 amide bonds. The molecule has 0 rings (SSSR count). The van der Waals surface area contributed by atoms with Crippen molar-refractivity contribution >= 4 is 71.1 Å². The Morgan fingerprint density at radius 2 is 1.20 bits per heavy atom. The first-order valence-electron chi connectivity index (χ1n) is 1.56. The Hall–Kier alpha value is 0.900. The zero-order valence-corrected chi connectivity index (χ0v) is 9.92. The van der Waals surface area contributed by atoms with Gasteiger partial charge in [-0.25, -0.2) is 0 Å². The molecule has 4 N–H and O–H groups in total. The molecule has 0 bridgehead atoms. The summed E-state index contributed by atoms with van der Waals surface area (Å²) in [7, 11) is 0. The molecule has 0 atom stereocenters. The van der Waals surface area contributed by atoms with Gasteiger partial charge in [0.2, 0.25) is 0 Å². The number of carbonyl (C=O) groups is 2. The maximum absolute atomic E-state index is 9.43. The van der Waals surface area contributed by atoms with Gasteiger partial charge in [0.1, 0.15) is 6.42 Å². The summed E-state index contributed by atoms with van der Waals surface area (Å²) in [4.78, 5) is 18.9. The van der Waals surface area contributed by atoms with E-state index < -0.39 is 18.4 Å². The van der Waals surface area contributed by atoms with Gasteiger partial charge >= 0.3 is 11.9 Å². The number of hydrogen-bond donors (Lipinski definition) is 2. The van der Waals surface area contributed by atoms with Crippen molar-refractivity contribution in [3.63, 3.8) is 0 Å². The summed E-state index contributed by atoms with van der Waals surface area (Å²) in [6.45, 7) is 0. The third kappa shape index (κ3) is 23.1. The largest absolute Gasteiger partial charge is 0.481 e. The van der Waals surface area contributed by atoms with Crippen LogP contribution in [0.15, 0.2) is 0 Å². The Balaban J connectivity index is -0.0000000600. The maximum atomic E-state index is 9.43. The SMILES string of the molecule is O.O=C(O)CC(=O)O.[Na].[Na]. The van der Waals surface area contributed by atoms with E-state index in [1.165, 1.54) is 0 Å². The first-order valence-corrected chi connectivity index (χ1v) is 1.56. The quantitative estimate of drug-likeness (QED) is 0.366. The third-order valence-electron chi connectivity index (χ3n) is 0.302. The molecular weight excluding hydrogens is 162 g/mol. The zero-order chi connectivity index (χ0) is 5.86. The normalized spacial score (nSPS) is 5.60. The van der Waals surface area contributed by atoms with Gasteiger partial charge in [0.05, 0.1) is 0 Å². The molecule has 2 radical (unpaired) electrons. The minimum atomic E-state index is -1.31. The summed E-state index contributed by atoms with van der Waals surface area (Å²) in [6.07, 6.45) is -0.806. The van der Waals surface area contributed by atoms with E-state index in [0.717, 1.165) is 0 Å². The van der Waals surface area contributed by atoms with Gasteiger partial charge in [0.15, 0.2) is 0 Å². The van der Waals surface area contributed by atoms with Gasteiger partial charge in [-0.1, -0.05) is 0 Å². The molecule has 0 aromatic carbocycles. The molecule has 0 saturated carbocycles. The average molecular weight is 168 g/mol. The van der Waals surface area contributed by atoms with Crippen LogP contribution >= 0.6 is 0 Å². The van der Waals surface area contributed by atoms with Crippen LogP contribution in [-0.4, -0.2) is 86.7 Å². The molecule has 0 aromatic heterocycles. The summed E-state index contributed by atoms with van der Waals surface area (Å²) >= 11 is 0. The zero-order valence-electron chi connectivity index (χ0n) is 5.92. The molecule has 5 nitrogen and oxygen atoms in total. The van der Waals surface area contributed by atoms with Gasteiger partial charge in [-0.15, -0.1) is 0 Å². The summed E-state index contributed by atoms with van der Waals surface area (Å²) in [6, 6.07) is 0. The smallest absolute Gasteiger partial charge is 0.314 e. The van der Waals surface area contributed by atoms with Crippen molar-refractivity contribution in [2.45, 2.75) is 6.42 Å². The van der Waals surface area contributed by atoms with E-state index in [1.807, 2.05) is 0 Å². The van der Waals surface area contributed by atoms with Crippen molar-refractivity contribution in [2.24, 2.45) is 0 Å². The van der Waals surface area contributed by atoms with Gasteiger partial charge in [0.25, 0.3) is 0 Å². The first kappa shape index (κ1) is 22.4. The van der Waals surface area contributed by atoms with Gasteiger partial charge in [0, 0.05) is 59.1 Å². The fourth-order valence-corrected chi connectivity index (χ4v) is 0.129. The number of rotatable bonds is 2. The van der Waals surface area contributed by atoms with Gasteiger partial charge in [-0.3, -0.25) is 9.59 Å². The standard InChI is InChI=1S/C3H4O4.2Na.H2O/c4-2(5)1-3(6)7;;;/h1H2,(H,4,5)(H,6,7);;;1H2. The Morgan fingerprint density at radius 3 is 1.20 bits per heavy atom. The number of hydrogen-bond acceptors (Lipinski definition) is 2. The van der Waals surface area contributed by atoms with Crippen molar-refractivity contribution in [1.29, 1.82) is 0 Å². The van der Waals surface area contributed by atoms with Crippen molar-refractivity contribution in [3.8, 4) is 0 Å². The minimum Gasteiger partial charge on any atom is -0.481 e. The van der Waals surface area contributed by atoms with Crippen LogP contribution in [0.2, 0.25) is 0 Å². The van der Waals surface area contributed by atoms with Gasteiger partial charge in [-0.2, -0.15) is 0 Å². The first-order chi connectivity index (χ1) is 3.13. The van der Waals surface area contributed by atoms with Gasteiger partial charge < -0.3 is 15.7 Å². The minimum absolute atomic E-state index is 0. The van der Waals surface area contributed by atoms with E-state index in [4.69, 9.17) is 10.2 Å². The molecule has 0 spiro atoms. The Morgan fingerprint density at radius 1 is 1.00 bits per heavy atom. The molecule has 0 saturated heterocycles. The molecule has 50 valence electrons. The van der Waals surface area contributed by atoms with Crippen LogP contribution in [0.5, 0.6) is 0 Å². The molecule has 0 aliphatic rings. The van der Waals surface area contributed by atoms with Crippen LogP contribution in [0.4, 0.5) is 0 Å². The molecule has 10 heavy (non-hydrogen) atoms. The summed E-state index contributed by atoms with van der Waals surface area (Å²) in [5.41, 5.74) is 0. The number of carboxylic acids is 2. The van der Waals surface area contributed by atoms with Crippen LogP contribution in [-0.2, 0) is 9.59 Å². The second-order valence-electron chi connectivity index (χ2n) is 0.964. The monoisotopic (exact) mass is 168 g/mol. The molecule has 0 fully saturated rings. The summed E-state index contributed by atoms with van der Waals surface area (Å²) < 4.78 is 0. The van der Waals surface area contributed by atoms with Crippen molar-refractivity contribution in [2.75, 3.05) is 0 Å². The summed E-state index contributed by atoms with van der Waals surface area (Å²) in [5, 5.41) is 15.4. The summed E-state index contributed by atoms with van der Waals surface area (Å²) in [5.74, 6) is -2.62. The van der Waals surface area contributed by atoms with Crippen molar-refractivity contribution < 1.29 is 25.3 Å². The van der Waals surface area contributed by atoms with E-state index in [1.54, 1.807) is 0 Å². The van der Waals surface area contributed by atoms with Crippen LogP contribution in [0.3, 0.4) is 0 Å². The Bertz CT molecular complexity index is 91.1. The Kier molecular flexibility index (Phi) is 28.2. The second kappa shape index (κ2) is 12.6. The average Bonchev–Trinajstić information content (AvgIpc) is 1.27. The fraction of sp³-hybridized carbons (Fsp3) is 0.333. The molecular formula is C3H6Na2O5. The van der Waals surface area contributed by atoms with E-state index in [9.17, 15) is 9.59 Å². The van der Waals surface area contributed by atoms with Crippen molar-refractivity contribution in [1.82, 2.24) is 0 Å². The third-order valence-corrected chi connectivity index (χ3v) is 0.302. The predicted octanol–water partition coefficient (Wildman–Crippen LogP) is -2.04. The van der Waals surface area contributed by atoms with E-state index in [2.05, 4.69) is 0 Å². The Labute approximate surface area is 102 Å². The molecule has 7 heteroatoms. The van der Waals surface area contributed by atoms with Crippen LogP contribution in [0, 0.1) is 0 Å². The number of carboxylic acid groups (broad SMARTS) is 2. The molecule has 0 heterocycles. The predicted molar refractivity (Wildman–Crippen MR) is 35.0 cm³/mol. The molecule has 0 aliphatic heterocycles. The molecule has 0 aliphatic carbocycles. The molecule has 0 aromatic rings. The van der Waals surface area contributed by atoms with Crippen LogP contribution < -0.4 is 0 Å². The van der Waals surface area contributed by atoms with Crippen molar-refractivity contribution in [3.05, 3.63) is 0 Å². The maximum Gasteiger partial charge on any atom is 0.314 e. The fourth-order valence-electron chi connectivity index (χ4n) is 0.129. The van der Waals surface area contributed by atoms with Crippen LogP contribution in [0.1, 0.15) is 6.42 Å². The number of aliphatic carboxylic acids is 2. The molecule has 0 unspecified atom stereocenters. The van der Waals surface area contributed by atoms with Crippen LogP contribution in [0.25, 0.3) is 0 Å². The second-order valence-corrected chi connectivity index (χ2v) is 0.964. The van der Waals surface area contributed by atoms with E-state index in [-0.39, 0.29) is 64.6 Å². The topological polar surface area (TPSA) is 106 Å². The van der Waals surface area contributed by atoms with E-state index in [0.29, 0.717) is 0 Å². The van der Waals surface area contributed by atoms with Gasteiger partial charge in [-0.05, 0) is 0 Å².